The van der Waals surface area contributed by atoms with Gasteiger partial charge in [-0.25, -0.2) is 9.59 Å². The average Bonchev–Trinajstić information content (AvgIpc) is 2.93. The van der Waals surface area contributed by atoms with E-state index in [9.17, 15) is 14.9 Å². The Morgan fingerprint density at radius 2 is 2.00 bits per heavy atom. The first-order valence-electron chi connectivity index (χ1n) is 8.77. The number of amides is 1. The van der Waals surface area contributed by atoms with Crippen LogP contribution in [-0.2, 0) is 20.9 Å². The minimum Gasteiger partial charge on any atom is -0.459 e. The minimum absolute atomic E-state index is 0.0530. The van der Waals surface area contributed by atoms with Crippen LogP contribution in [0.1, 0.15) is 45.7 Å². The molecule has 0 radical (unpaired) electrons. The maximum absolute atomic E-state index is 12.5. The van der Waals surface area contributed by atoms with Crippen LogP contribution >= 0.6 is 0 Å². The Morgan fingerprint density at radius 1 is 1.30 bits per heavy atom. The van der Waals surface area contributed by atoms with Gasteiger partial charge in [0.25, 0.3) is 0 Å². The molecular weight excluding hydrogens is 346 g/mol. The van der Waals surface area contributed by atoms with E-state index in [4.69, 9.17) is 9.47 Å². The van der Waals surface area contributed by atoms with E-state index in [1.54, 1.807) is 45.2 Å². The van der Waals surface area contributed by atoms with Crippen molar-refractivity contribution in [1.82, 2.24) is 9.72 Å². The van der Waals surface area contributed by atoms with Gasteiger partial charge in [-0.05, 0) is 38.8 Å². The van der Waals surface area contributed by atoms with Crippen molar-refractivity contribution in [2.24, 2.45) is 5.92 Å². The summed E-state index contributed by atoms with van der Waals surface area (Å²) >= 11 is 0. The number of rotatable bonds is 5. The van der Waals surface area contributed by atoms with Crippen LogP contribution in [0.25, 0.3) is 5.52 Å². The van der Waals surface area contributed by atoms with Gasteiger partial charge in [-0.15, -0.1) is 0 Å². The molecule has 7 nitrogen and oxygen atoms in total. The molecule has 0 bridgehead atoms. The number of ether oxygens (including phenoxy) is 2. The van der Waals surface area contributed by atoms with Crippen molar-refractivity contribution in [3.05, 3.63) is 41.7 Å². The molecule has 2 aromatic heterocycles. The molecule has 0 aliphatic carbocycles. The van der Waals surface area contributed by atoms with Gasteiger partial charge >= 0.3 is 12.1 Å². The van der Waals surface area contributed by atoms with Gasteiger partial charge in [0.2, 0.25) is 0 Å². The molecule has 2 rings (SSSR count). The Kier molecular flexibility index (Phi) is 6.11. The number of alkyl carbamates (subject to hydrolysis) is 1. The lowest BCUT2D eigenvalue weighted by atomic mass is 10.1. The summed E-state index contributed by atoms with van der Waals surface area (Å²) in [7, 11) is 0. The van der Waals surface area contributed by atoms with Crippen LogP contribution in [0.5, 0.6) is 0 Å². The van der Waals surface area contributed by atoms with Gasteiger partial charge in [0.15, 0.2) is 0 Å². The number of pyridine rings is 1. The predicted molar refractivity (Wildman–Crippen MR) is 99.9 cm³/mol. The molecule has 144 valence electrons. The highest BCUT2D eigenvalue weighted by Gasteiger charge is 2.28. The van der Waals surface area contributed by atoms with Crippen LogP contribution in [0, 0.1) is 17.2 Å². The van der Waals surface area contributed by atoms with Crippen LogP contribution in [0.15, 0.2) is 30.6 Å². The maximum atomic E-state index is 12.5. The lowest BCUT2D eigenvalue weighted by molar-refractivity contribution is -0.148. The normalized spacial score (nSPS) is 12.5. The van der Waals surface area contributed by atoms with Crippen molar-refractivity contribution in [3.8, 4) is 6.07 Å². The fourth-order valence-electron chi connectivity index (χ4n) is 2.59. The molecular formula is C20H25N3O4. The van der Waals surface area contributed by atoms with Crippen molar-refractivity contribution in [3.63, 3.8) is 0 Å². The van der Waals surface area contributed by atoms with E-state index >= 15 is 0 Å². The SMILES string of the molecule is CC(C)[C@H](NC(=O)OC(C)(C)C)C(=O)OCc1cn2ccccc2c1C#N. The number of carbonyl (C=O) groups excluding carboxylic acids is 2. The molecule has 0 aliphatic rings. The smallest absolute Gasteiger partial charge is 0.408 e. The number of carbonyl (C=O) groups is 2. The average molecular weight is 371 g/mol. The zero-order valence-electron chi connectivity index (χ0n) is 16.3. The fourth-order valence-corrected chi connectivity index (χ4v) is 2.59. The second-order valence-electron chi connectivity index (χ2n) is 7.61. The summed E-state index contributed by atoms with van der Waals surface area (Å²) in [5.41, 5.74) is 1.16. The van der Waals surface area contributed by atoms with E-state index in [1.165, 1.54) is 0 Å². The minimum atomic E-state index is -0.845. The Hall–Kier alpha value is -3.01. The Morgan fingerprint density at radius 3 is 2.59 bits per heavy atom. The Balaban J connectivity index is 2.08. The highest BCUT2D eigenvalue weighted by molar-refractivity contribution is 5.81. The van der Waals surface area contributed by atoms with Crippen LogP contribution < -0.4 is 5.32 Å². The summed E-state index contributed by atoms with van der Waals surface area (Å²) in [4.78, 5) is 24.5. The van der Waals surface area contributed by atoms with Gasteiger partial charge in [-0.1, -0.05) is 19.9 Å². The number of nitrogens with zero attached hydrogens (tertiary/aromatic N) is 2. The number of fused-ring (bicyclic) bond motifs is 1. The maximum Gasteiger partial charge on any atom is 0.408 e. The molecule has 1 atom stereocenters. The molecule has 1 amide bonds. The number of nitrogens with one attached hydrogen (secondary N) is 1. The third-order valence-electron chi connectivity index (χ3n) is 3.84. The lowest BCUT2D eigenvalue weighted by Gasteiger charge is -2.24. The number of aromatic nitrogens is 1. The first-order valence-corrected chi connectivity index (χ1v) is 8.77. The zero-order chi connectivity index (χ0) is 20.2. The standard InChI is InChI=1S/C20H25N3O4/c1-13(2)17(22-19(25)27-20(3,4)5)18(24)26-12-14-11-23-9-7-6-8-16(23)15(14)10-21/h6-9,11,13,17H,12H2,1-5H3,(H,22,25)/t17-/m0/s1. The first-order chi connectivity index (χ1) is 12.6. The third-order valence-corrected chi connectivity index (χ3v) is 3.84. The van der Waals surface area contributed by atoms with E-state index in [1.807, 2.05) is 24.4 Å². The molecule has 0 fully saturated rings. The molecule has 2 aromatic rings. The Bertz CT molecular complexity index is 871. The van der Waals surface area contributed by atoms with Crippen LogP contribution in [0.3, 0.4) is 0 Å². The van der Waals surface area contributed by atoms with Gasteiger partial charge in [-0.3, -0.25) is 0 Å². The second-order valence-corrected chi connectivity index (χ2v) is 7.61. The van der Waals surface area contributed by atoms with E-state index < -0.39 is 23.7 Å². The van der Waals surface area contributed by atoms with Crippen molar-refractivity contribution in [1.29, 1.82) is 5.26 Å². The number of hydrogen-bond donors (Lipinski definition) is 1. The van der Waals surface area contributed by atoms with Crippen molar-refractivity contribution >= 4 is 17.6 Å². The molecule has 0 saturated heterocycles. The second kappa shape index (κ2) is 8.12. The van der Waals surface area contributed by atoms with Gasteiger partial charge in [0.1, 0.15) is 24.3 Å². The quantitative estimate of drug-likeness (QED) is 0.813. The van der Waals surface area contributed by atoms with Gasteiger partial charge in [0, 0.05) is 18.0 Å². The summed E-state index contributed by atoms with van der Waals surface area (Å²) in [5, 5.41) is 12.0. The van der Waals surface area contributed by atoms with E-state index in [0.29, 0.717) is 11.1 Å². The fraction of sp³-hybridized carbons (Fsp3) is 0.450. The lowest BCUT2D eigenvalue weighted by Crippen LogP contribution is -2.47. The summed E-state index contributed by atoms with van der Waals surface area (Å²) in [6.45, 7) is 8.79. The predicted octanol–water partition coefficient (Wildman–Crippen LogP) is 3.40. The van der Waals surface area contributed by atoms with E-state index in [0.717, 1.165) is 5.52 Å². The van der Waals surface area contributed by atoms with E-state index in [2.05, 4.69) is 11.4 Å². The summed E-state index contributed by atoms with van der Waals surface area (Å²) in [6.07, 6.45) is 2.90. The van der Waals surface area contributed by atoms with Crippen LogP contribution in [-0.4, -0.2) is 28.1 Å². The topological polar surface area (TPSA) is 92.8 Å². The molecule has 0 unspecified atom stereocenters. The third kappa shape index (κ3) is 5.23. The van der Waals surface area contributed by atoms with Crippen molar-refractivity contribution in [2.45, 2.75) is 52.9 Å². The first kappa shape index (κ1) is 20.3. The number of nitriles is 1. The Labute approximate surface area is 158 Å². The van der Waals surface area contributed by atoms with Crippen molar-refractivity contribution < 1.29 is 19.1 Å². The van der Waals surface area contributed by atoms with Crippen LogP contribution in [0.2, 0.25) is 0 Å². The molecule has 0 saturated carbocycles. The molecule has 7 heteroatoms. The zero-order valence-corrected chi connectivity index (χ0v) is 16.3. The number of esters is 1. The molecule has 27 heavy (non-hydrogen) atoms. The summed E-state index contributed by atoms with van der Waals surface area (Å²) in [6, 6.07) is 6.82. The molecule has 0 aromatic carbocycles. The monoisotopic (exact) mass is 371 g/mol. The van der Waals surface area contributed by atoms with Crippen molar-refractivity contribution in [2.75, 3.05) is 0 Å². The number of hydrogen-bond acceptors (Lipinski definition) is 5. The van der Waals surface area contributed by atoms with E-state index in [-0.39, 0.29) is 12.5 Å². The van der Waals surface area contributed by atoms with Gasteiger partial charge in [-0.2, -0.15) is 5.26 Å². The van der Waals surface area contributed by atoms with Gasteiger partial charge < -0.3 is 19.2 Å². The molecule has 0 aliphatic heterocycles. The largest absolute Gasteiger partial charge is 0.459 e. The summed E-state index contributed by atoms with van der Waals surface area (Å²) < 4.78 is 12.4. The molecule has 0 spiro atoms. The van der Waals surface area contributed by atoms with Gasteiger partial charge in [0.05, 0.1) is 11.1 Å². The highest BCUT2D eigenvalue weighted by Crippen LogP contribution is 2.19. The van der Waals surface area contributed by atoms with Crippen LogP contribution in [0.4, 0.5) is 4.79 Å². The highest BCUT2D eigenvalue weighted by atomic mass is 16.6. The molecule has 2 heterocycles. The molecule has 1 N–H and O–H groups in total. The summed E-state index contributed by atoms with van der Waals surface area (Å²) in [5.74, 6) is -0.761.